The topological polar surface area (TPSA) is 50.7 Å². The number of aliphatic hydroxyl groups is 1. The first-order valence-electron chi connectivity index (χ1n) is 6.51. The number of aliphatic hydroxyl groups excluding tert-OH is 1. The van der Waals surface area contributed by atoms with Gasteiger partial charge in [0.05, 0.1) is 13.2 Å². The minimum atomic E-state index is 0.141. The molecule has 0 fully saturated rings. The second kappa shape index (κ2) is 6.07. The van der Waals surface area contributed by atoms with Crippen molar-refractivity contribution in [1.82, 2.24) is 5.32 Å². The minimum Gasteiger partial charge on any atom is -0.494 e. The zero-order valence-electron chi connectivity index (χ0n) is 11.0. The summed E-state index contributed by atoms with van der Waals surface area (Å²) >= 11 is 0. The second-order valence-electron chi connectivity index (χ2n) is 4.53. The molecule has 100 valence electrons. The van der Waals surface area contributed by atoms with Crippen LogP contribution in [-0.4, -0.2) is 31.0 Å². The largest absolute Gasteiger partial charge is 0.494 e. The molecule has 0 saturated heterocycles. The van der Waals surface area contributed by atoms with E-state index in [0.717, 1.165) is 23.5 Å². The summed E-state index contributed by atoms with van der Waals surface area (Å²) in [5.41, 5.74) is 2.30. The maximum atomic E-state index is 8.79. The van der Waals surface area contributed by atoms with Crippen LogP contribution in [-0.2, 0) is 13.0 Å². The monoisotopic (exact) mass is 251 g/mol. The van der Waals surface area contributed by atoms with Gasteiger partial charge in [0.25, 0.3) is 0 Å². The van der Waals surface area contributed by atoms with Gasteiger partial charge in [-0.3, -0.25) is 0 Å². The van der Waals surface area contributed by atoms with Crippen LogP contribution in [0.25, 0.3) is 0 Å². The van der Waals surface area contributed by atoms with Gasteiger partial charge >= 0.3 is 0 Å². The van der Waals surface area contributed by atoms with Crippen LogP contribution in [0, 0.1) is 0 Å². The van der Waals surface area contributed by atoms with E-state index in [1.807, 2.05) is 13.0 Å². The van der Waals surface area contributed by atoms with Crippen molar-refractivity contribution in [3.8, 4) is 11.5 Å². The molecular formula is C14H21NO3. The summed E-state index contributed by atoms with van der Waals surface area (Å²) < 4.78 is 11.4. The molecule has 2 rings (SSSR count). The molecule has 0 aromatic heterocycles. The van der Waals surface area contributed by atoms with Crippen LogP contribution in [0.15, 0.2) is 12.1 Å². The van der Waals surface area contributed by atoms with Crippen LogP contribution < -0.4 is 14.8 Å². The highest BCUT2D eigenvalue weighted by molar-refractivity contribution is 5.48. The Bertz CT molecular complexity index is 406. The molecule has 1 aromatic carbocycles. The van der Waals surface area contributed by atoms with Crippen LogP contribution in [0.1, 0.15) is 25.0 Å². The number of rotatable bonds is 6. The van der Waals surface area contributed by atoms with E-state index >= 15 is 0 Å². The van der Waals surface area contributed by atoms with E-state index in [1.165, 1.54) is 5.56 Å². The Morgan fingerprint density at radius 2 is 2.33 bits per heavy atom. The van der Waals surface area contributed by atoms with E-state index in [1.54, 1.807) is 0 Å². The third-order valence-corrected chi connectivity index (χ3v) is 2.98. The molecule has 2 N–H and O–H groups in total. The smallest absolute Gasteiger partial charge is 0.124 e. The first kappa shape index (κ1) is 13.2. The lowest BCUT2D eigenvalue weighted by atomic mass is 10.1. The average molecular weight is 251 g/mol. The quantitative estimate of drug-likeness (QED) is 0.752. The fourth-order valence-electron chi connectivity index (χ4n) is 2.21. The number of hydrogen-bond donors (Lipinski definition) is 2. The molecule has 0 bridgehead atoms. The van der Waals surface area contributed by atoms with E-state index < -0.39 is 0 Å². The molecule has 1 heterocycles. The van der Waals surface area contributed by atoms with E-state index in [-0.39, 0.29) is 12.7 Å². The molecule has 0 aliphatic carbocycles. The summed E-state index contributed by atoms with van der Waals surface area (Å²) in [5.74, 6) is 1.88. The highest BCUT2D eigenvalue weighted by atomic mass is 16.5. The molecule has 1 aliphatic heterocycles. The lowest BCUT2D eigenvalue weighted by Crippen LogP contribution is -2.18. The fourth-order valence-corrected chi connectivity index (χ4v) is 2.21. The van der Waals surface area contributed by atoms with Crippen LogP contribution in [0.5, 0.6) is 11.5 Å². The van der Waals surface area contributed by atoms with Gasteiger partial charge in [0.1, 0.15) is 17.6 Å². The molecule has 0 spiro atoms. The predicted molar refractivity (Wildman–Crippen MR) is 70.2 cm³/mol. The number of benzene rings is 1. The SMILES string of the molecule is CCOc1cc2c(cc1CNCCO)OC(C)C2. The fraction of sp³-hybridized carbons (Fsp3) is 0.571. The van der Waals surface area contributed by atoms with Crippen molar-refractivity contribution in [2.45, 2.75) is 32.9 Å². The van der Waals surface area contributed by atoms with Crippen molar-refractivity contribution in [3.63, 3.8) is 0 Å². The molecule has 18 heavy (non-hydrogen) atoms. The van der Waals surface area contributed by atoms with Crippen molar-refractivity contribution in [3.05, 3.63) is 23.3 Å². The Labute approximate surface area is 108 Å². The minimum absolute atomic E-state index is 0.141. The lowest BCUT2D eigenvalue weighted by molar-refractivity contribution is 0.254. The molecular weight excluding hydrogens is 230 g/mol. The summed E-state index contributed by atoms with van der Waals surface area (Å²) in [6.45, 7) is 6.12. The highest BCUT2D eigenvalue weighted by Gasteiger charge is 2.21. The van der Waals surface area contributed by atoms with Crippen LogP contribution >= 0.6 is 0 Å². The maximum absolute atomic E-state index is 8.79. The maximum Gasteiger partial charge on any atom is 0.124 e. The lowest BCUT2D eigenvalue weighted by Gasteiger charge is -2.13. The standard InChI is InChI=1S/C14H21NO3/c1-3-17-13-7-11-6-10(2)18-14(11)8-12(13)9-15-4-5-16/h7-8,10,15-16H,3-6,9H2,1-2H3. The highest BCUT2D eigenvalue weighted by Crippen LogP contribution is 2.35. The van der Waals surface area contributed by atoms with Gasteiger partial charge in [0.2, 0.25) is 0 Å². The Morgan fingerprint density at radius 1 is 1.50 bits per heavy atom. The van der Waals surface area contributed by atoms with E-state index in [9.17, 15) is 0 Å². The number of ether oxygens (including phenoxy) is 2. The van der Waals surface area contributed by atoms with Gasteiger partial charge in [-0.1, -0.05) is 0 Å². The summed E-state index contributed by atoms with van der Waals surface area (Å²) in [7, 11) is 0. The van der Waals surface area contributed by atoms with Gasteiger partial charge in [0, 0.05) is 30.6 Å². The first-order chi connectivity index (χ1) is 8.74. The third-order valence-electron chi connectivity index (χ3n) is 2.98. The molecule has 4 nitrogen and oxygen atoms in total. The Kier molecular flexibility index (Phi) is 4.44. The van der Waals surface area contributed by atoms with Gasteiger partial charge in [-0.25, -0.2) is 0 Å². The third kappa shape index (κ3) is 2.94. The van der Waals surface area contributed by atoms with Crippen molar-refractivity contribution < 1.29 is 14.6 Å². The predicted octanol–water partition coefficient (Wildman–Crippen LogP) is 1.49. The van der Waals surface area contributed by atoms with Gasteiger partial charge in [-0.15, -0.1) is 0 Å². The van der Waals surface area contributed by atoms with Gasteiger partial charge in [0.15, 0.2) is 0 Å². The van der Waals surface area contributed by atoms with Gasteiger partial charge in [-0.2, -0.15) is 0 Å². The Balaban J connectivity index is 2.18. The van der Waals surface area contributed by atoms with Crippen LogP contribution in [0.2, 0.25) is 0 Å². The van der Waals surface area contributed by atoms with E-state index in [2.05, 4.69) is 18.3 Å². The zero-order chi connectivity index (χ0) is 13.0. The number of fused-ring (bicyclic) bond motifs is 1. The first-order valence-corrected chi connectivity index (χ1v) is 6.51. The van der Waals surface area contributed by atoms with Crippen molar-refractivity contribution in [2.75, 3.05) is 19.8 Å². The summed E-state index contributed by atoms with van der Waals surface area (Å²) in [4.78, 5) is 0. The molecule has 1 aliphatic rings. The van der Waals surface area contributed by atoms with Gasteiger partial charge in [-0.05, 0) is 26.0 Å². The number of hydrogen-bond acceptors (Lipinski definition) is 4. The Morgan fingerprint density at radius 3 is 3.06 bits per heavy atom. The van der Waals surface area contributed by atoms with Gasteiger partial charge < -0.3 is 19.9 Å². The van der Waals surface area contributed by atoms with Crippen molar-refractivity contribution in [2.24, 2.45) is 0 Å². The summed E-state index contributed by atoms with van der Waals surface area (Å²) in [6.07, 6.45) is 1.19. The van der Waals surface area contributed by atoms with Crippen LogP contribution in [0.3, 0.4) is 0 Å². The molecule has 1 aromatic rings. The van der Waals surface area contributed by atoms with Crippen molar-refractivity contribution >= 4 is 0 Å². The molecule has 0 amide bonds. The second-order valence-corrected chi connectivity index (χ2v) is 4.53. The molecule has 1 atom stereocenters. The number of nitrogens with one attached hydrogen (secondary N) is 1. The Hall–Kier alpha value is -1.26. The molecule has 4 heteroatoms. The molecule has 0 saturated carbocycles. The summed E-state index contributed by atoms with van der Waals surface area (Å²) in [5, 5.41) is 12.0. The average Bonchev–Trinajstić information content (AvgIpc) is 2.69. The normalized spacial score (nSPS) is 17.4. The van der Waals surface area contributed by atoms with E-state index in [0.29, 0.717) is 19.7 Å². The molecule has 1 unspecified atom stereocenters. The van der Waals surface area contributed by atoms with E-state index in [4.69, 9.17) is 14.6 Å². The zero-order valence-corrected chi connectivity index (χ0v) is 11.0. The van der Waals surface area contributed by atoms with Crippen LogP contribution in [0.4, 0.5) is 0 Å². The van der Waals surface area contributed by atoms with Crippen molar-refractivity contribution in [1.29, 1.82) is 0 Å². The summed E-state index contributed by atoms with van der Waals surface area (Å²) in [6, 6.07) is 4.13. The molecule has 0 radical (unpaired) electrons.